The van der Waals surface area contributed by atoms with E-state index in [9.17, 15) is 4.79 Å². The topological polar surface area (TPSA) is 81.9 Å². The third kappa shape index (κ3) is 4.71. The highest BCUT2D eigenvalue weighted by atomic mass is 16.5. The van der Waals surface area contributed by atoms with Gasteiger partial charge < -0.3 is 10.1 Å². The molecule has 3 aromatic rings. The predicted molar refractivity (Wildman–Crippen MR) is 92.2 cm³/mol. The van der Waals surface area contributed by atoms with Crippen LogP contribution in [0.3, 0.4) is 0 Å². The SMILES string of the molecule is Cn1cc(-c2nccnc2CNC(=O)COCc2ccccc2)cn1. The number of hydrogen-bond acceptors (Lipinski definition) is 5. The highest BCUT2D eigenvalue weighted by Crippen LogP contribution is 2.18. The van der Waals surface area contributed by atoms with Crippen LogP contribution >= 0.6 is 0 Å². The lowest BCUT2D eigenvalue weighted by atomic mass is 10.2. The summed E-state index contributed by atoms with van der Waals surface area (Å²) in [5, 5.41) is 6.95. The van der Waals surface area contributed by atoms with Crippen molar-refractivity contribution in [2.45, 2.75) is 13.2 Å². The number of rotatable bonds is 7. The van der Waals surface area contributed by atoms with E-state index >= 15 is 0 Å². The molecule has 1 N–H and O–H groups in total. The molecule has 1 amide bonds. The van der Waals surface area contributed by atoms with Gasteiger partial charge in [0.2, 0.25) is 5.91 Å². The molecule has 0 unspecified atom stereocenters. The summed E-state index contributed by atoms with van der Waals surface area (Å²) in [5.74, 6) is -0.196. The predicted octanol–water partition coefficient (Wildman–Crippen LogP) is 1.71. The maximum atomic E-state index is 12.0. The molecule has 0 spiro atoms. The Balaban J connectivity index is 1.52. The minimum Gasteiger partial charge on any atom is -0.367 e. The number of carbonyl (C=O) groups excluding carboxylic acids is 1. The maximum Gasteiger partial charge on any atom is 0.246 e. The van der Waals surface area contributed by atoms with Gasteiger partial charge >= 0.3 is 0 Å². The van der Waals surface area contributed by atoms with Crippen LogP contribution in [0.5, 0.6) is 0 Å². The van der Waals surface area contributed by atoms with Gasteiger partial charge in [0, 0.05) is 31.2 Å². The number of benzene rings is 1. The second-order valence-electron chi connectivity index (χ2n) is 5.51. The van der Waals surface area contributed by atoms with E-state index in [0.29, 0.717) is 18.0 Å². The molecule has 7 nitrogen and oxygen atoms in total. The number of carbonyl (C=O) groups is 1. The lowest BCUT2D eigenvalue weighted by Gasteiger charge is -2.08. The van der Waals surface area contributed by atoms with Gasteiger partial charge in [-0.2, -0.15) is 5.10 Å². The number of ether oxygens (including phenoxy) is 1. The highest BCUT2D eigenvalue weighted by molar-refractivity contribution is 5.77. The molecule has 0 aliphatic rings. The van der Waals surface area contributed by atoms with E-state index < -0.39 is 0 Å². The Bertz CT molecular complexity index is 832. The van der Waals surface area contributed by atoms with Crippen molar-refractivity contribution < 1.29 is 9.53 Å². The van der Waals surface area contributed by atoms with Crippen LogP contribution in [-0.4, -0.2) is 32.3 Å². The molecule has 7 heteroatoms. The third-order valence-corrected chi connectivity index (χ3v) is 3.55. The van der Waals surface area contributed by atoms with Crippen molar-refractivity contribution >= 4 is 5.91 Å². The first-order valence-corrected chi connectivity index (χ1v) is 7.89. The Morgan fingerprint density at radius 1 is 1.20 bits per heavy atom. The van der Waals surface area contributed by atoms with Gasteiger partial charge in [-0.15, -0.1) is 0 Å². The van der Waals surface area contributed by atoms with Crippen LogP contribution in [0, 0.1) is 0 Å². The molecule has 0 aliphatic carbocycles. The number of nitrogens with one attached hydrogen (secondary N) is 1. The summed E-state index contributed by atoms with van der Waals surface area (Å²) >= 11 is 0. The zero-order valence-corrected chi connectivity index (χ0v) is 13.9. The molecule has 1 aromatic carbocycles. The molecule has 25 heavy (non-hydrogen) atoms. The highest BCUT2D eigenvalue weighted by Gasteiger charge is 2.11. The zero-order chi connectivity index (χ0) is 17.5. The van der Waals surface area contributed by atoms with E-state index in [1.54, 1.807) is 23.3 Å². The first kappa shape index (κ1) is 16.8. The second kappa shape index (κ2) is 8.16. The molecular weight excluding hydrogens is 318 g/mol. The lowest BCUT2D eigenvalue weighted by molar-refractivity contribution is -0.126. The summed E-state index contributed by atoms with van der Waals surface area (Å²) in [6.45, 7) is 0.684. The molecule has 2 heterocycles. The molecule has 128 valence electrons. The van der Waals surface area contributed by atoms with Gasteiger partial charge in [0.05, 0.1) is 30.7 Å². The Hall–Kier alpha value is -3.06. The number of amides is 1. The normalized spacial score (nSPS) is 10.6. The minimum atomic E-state index is -0.196. The summed E-state index contributed by atoms with van der Waals surface area (Å²) in [7, 11) is 1.84. The van der Waals surface area contributed by atoms with Crippen LogP contribution in [0.25, 0.3) is 11.3 Å². The average Bonchev–Trinajstić information content (AvgIpc) is 3.07. The molecule has 0 aliphatic heterocycles. The summed E-state index contributed by atoms with van der Waals surface area (Å²) in [6, 6.07) is 9.73. The molecule has 0 fully saturated rings. The molecule has 0 radical (unpaired) electrons. The summed E-state index contributed by atoms with van der Waals surface area (Å²) in [4.78, 5) is 20.6. The van der Waals surface area contributed by atoms with Gasteiger partial charge in [-0.3, -0.25) is 19.4 Å². The first-order chi connectivity index (χ1) is 12.2. The Morgan fingerprint density at radius 2 is 2.00 bits per heavy atom. The molecular formula is C18H19N5O2. The number of nitrogens with zero attached hydrogens (tertiary/aromatic N) is 4. The smallest absolute Gasteiger partial charge is 0.246 e. The van der Waals surface area contributed by atoms with E-state index in [4.69, 9.17) is 4.74 Å². The quantitative estimate of drug-likeness (QED) is 0.710. The van der Waals surface area contributed by atoms with Gasteiger partial charge in [-0.25, -0.2) is 0 Å². The van der Waals surface area contributed by atoms with Crippen LogP contribution in [0.4, 0.5) is 0 Å². The number of hydrogen-bond donors (Lipinski definition) is 1. The Morgan fingerprint density at radius 3 is 2.76 bits per heavy atom. The second-order valence-corrected chi connectivity index (χ2v) is 5.51. The monoisotopic (exact) mass is 337 g/mol. The zero-order valence-electron chi connectivity index (χ0n) is 13.9. The first-order valence-electron chi connectivity index (χ1n) is 7.89. The fourth-order valence-corrected chi connectivity index (χ4v) is 2.35. The summed E-state index contributed by atoms with van der Waals surface area (Å²) < 4.78 is 7.12. The van der Waals surface area contributed by atoms with Crippen LogP contribution in [0.2, 0.25) is 0 Å². The van der Waals surface area contributed by atoms with E-state index in [1.807, 2.05) is 43.6 Å². The van der Waals surface area contributed by atoms with Crippen molar-refractivity contribution in [3.8, 4) is 11.3 Å². The van der Waals surface area contributed by atoms with Crippen molar-refractivity contribution in [3.05, 3.63) is 66.4 Å². The van der Waals surface area contributed by atoms with Crippen molar-refractivity contribution in [3.63, 3.8) is 0 Å². The third-order valence-electron chi connectivity index (χ3n) is 3.55. The fraction of sp³-hybridized carbons (Fsp3) is 0.222. The molecule has 0 saturated carbocycles. The molecule has 2 aromatic heterocycles. The van der Waals surface area contributed by atoms with Crippen molar-refractivity contribution in [2.75, 3.05) is 6.61 Å². The molecule has 0 atom stereocenters. The molecule has 0 bridgehead atoms. The summed E-state index contributed by atoms with van der Waals surface area (Å²) in [5.41, 5.74) is 3.29. The Kier molecular flexibility index (Phi) is 5.48. The molecule has 3 rings (SSSR count). The summed E-state index contributed by atoms with van der Waals surface area (Å²) in [6.07, 6.45) is 6.81. The van der Waals surface area contributed by atoms with Crippen molar-refractivity contribution in [2.24, 2.45) is 7.05 Å². The van der Waals surface area contributed by atoms with E-state index in [0.717, 1.165) is 11.1 Å². The molecule has 0 saturated heterocycles. The lowest BCUT2D eigenvalue weighted by Crippen LogP contribution is -2.27. The van der Waals surface area contributed by atoms with Crippen LogP contribution < -0.4 is 5.32 Å². The number of aromatic nitrogens is 4. The van der Waals surface area contributed by atoms with Gasteiger partial charge in [-0.05, 0) is 5.56 Å². The largest absolute Gasteiger partial charge is 0.367 e. The minimum absolute atomic E-state index is 0.00260. The van der Waals surface area contributed by atoms with Crippen LogP contribution in [-0.2, 0) is 29.7 Å². The van der Waals surface area contributed by atoms with Gasteiger partial charge in [-0.1, -0.05) is 30.3 Å². The van der Waals surface area contributed by atoms with Gasteiger partial charge in [0.15, 0.2) is 0 Å². The van der Waals surface area contributed by atoms with Crippen molar-refractivity contribution in [1.29, 1.82) is 0 Å². The van der Waals surface area contributed by atoms with Crippen LogP contribution in [0.15, 0.2) is 55.1 Å². The average molecular weight is 337 g/mol. The number of aryl methyl sites for hydroxylation is 1. The maximum absolute atomic E-state index is 12.0. The van der Waals surface area contributed by atoms with Crippen LogP contribution in [0.1, 0.15) is 11.3 Å². The van der Waals surface area contributed by atoms with Crippen molar-refractivity contribution in [1.82, 2.24) is 25.1 Å². The van der Waals surface area contributed by atoms with E-state index in [1.165, 1.54) is 0 Å². The standard InChI is InChI=1S/C18H19N5O2/c1-23-11-15(9-22-23)18-16(19-7-8-20-18)10-21-17(24)13-25-12-14-5-3-2-4-6-14/h2-9,11H,10,12-13H2,1H3,(H,21,24). The van der Waals surface area contributed by atoms with Gasteiger partial charge in [0.1, 0.15) is 6.61 Å². The fourth-order valence-electron chi connectivity index (χ4n) is 2.35. The van der Waals surface area contributed by atoms with E-state index in [2.05, 4.69) is 20.4 Å². The van der Waals surface area contributed by atoms with E-state index in [-0.39, 0.29) is 19.1 Å². The van der Waals surface area contributed by atoms with Gasteiger partial charge in [0.25, 0.3) is 0 Å². The Labute approximate surface area is 145 Å².